The van der Waals surface area contributed by atoms with Crippen LogP contribution in [0.25, 0.3) is 10.9 Å². The highest BCUT2D eigenvalue weighted by molar-refractivity contribution is 9.10. The first-order valence-corrected chi connectivity index (χ1v) is 9.34. The Hall–Kier alpha value is -2.09. The van der Waals surface area contributed by atoms with Gasteiger partial charge in [0.2, 0.25) is 0 Å². The van der Waals surface area contributed by atoms with Crippen molar-refractivity contribution in [2.75, 3.05) is 13.1 Å². The van der Waals surface area contributed by atoms with Gasteiger partial charge in [-0.2, -0.15) is 5.10 Å². The molecule has 0 atom stereocenters. The average Bonchev–Trinajstić information content (AvgIpc) is 2.96. The number of hydrogen-bond donors (Lipinski definition) is 2. The third-order valence-corrected chi connectivity index (χ3v) is 4.90. The second-order valence-corrected chi connectivity index (χ2v) is 8.45. The van der Waals surface area contributed by atoms with Crippen molar-refractivity contribution in [2.45, 2.75) is 45.1 Å². The van der Waals surface area contributed by atoms with E-state index in [-0.39, 0.29) is 17.6 Å². The standard InChI is InChI=1S/C18H22BrN3O4/c1-18(2,3)26-17(25)22-6-4-10(5-7-22)14-12-8-11(19)9-13(16(23)24)15(12)21-20-14/h8-10H,4-7H2,1-3H3,(H,20,21)(H,23,24). The van der Waals surface area contributed by atoms with E-state index >= 15 is 0 Å². The molecule has 1 amide bonds. The van der Waals surface area contributed by atoms with Gasteiger partial charge in [0, 0.05) is 34.6 Å². The monoisotopic (exact) mass is 423 g/mol. The number of halogens is 1. The zero-order valence-electron chi connectivity index (χ0n) is 15.0. The van der Waals surface area contributed by atoms with Crippen LogP contribution in [0.2, 0.25) is 0 Å². The summed E-state index contributed by atoms with van der Waals surface area (Å²) < 4.78 is 6.13. The smallest absolute Gasteiger partial charge is 0.410 e. The zero-order chi connectivity index (χ0) is 19.1. The third-order valence-electron chi connectivity index (χ3n) is 4.44. The number of hydrogen-bond acceptors (Lipinski definition) is 4. The summed E-state index contributed by atoms with van der Waals surface area (Å²) in [6, 6.07) is 3.45. The van der Waals surface area contributed by atoms with Crippen LogP contribution in [0, 0.1) is 0 Å². The first kappa shape index (κ1) is 18.7. The van der Waals surface area contributed by atoms with Crippen LogP contribution in [0.5, 0.6) is 0 Å². The molecular weight excluding hydrogens is 402 g/mol. The zero-order valence-corrected chi connectivity index (χ0v) is 16.6. The third kappa shape index (κ3) is 3.85. The van der Waals surface area contributed by atoms with Crippen LogP contribution in [-0.2, 0) is 4.74 Å². The number of carbonyl (C=O) groups excluding carboxylic acids is 1. The number of ether oxygens (including phenoxy) is 1. The normalized spacial score (nSPS) is 16.1. The number of aromatic carboxylic acids is 1. The van der Waals surface area contributed by atoms with Gasteiger partial charge in [0.1, 0.15) is 11.1 Å². The number of aromatic nitrogens is 2. The van der Waals surface area contributed by atoms with Crippen molar-refractivity contribution in [1.29, 1.82) is 0 Å². The number of amides is 1. The molecule has 0 bridgehead atoms. The van der Waals surface area contributed by atoms with Gasteiger partial charge in [-0.05, 0) is 45.7 Å². The van der Waals surface area contributed by atoms with Crippen molar-refractivity contribution < 1.29 is 19.4 Å². The summed E-state index contributed by atoms with van der Waals surface area (Å²) in [5, 5.41) is 17.4. The minimum atomic E-state index is -1.01. The van der Waals surface area contributed by atoms with E-state index in [2.05, 4.69) is 26.1 Å². The van der Waals surface area contributed by atoms with Crippen molar-refractivity contribution in [3.05, 3.63) is 27.9 Å². The molecule has 7 nitrogen and oxygen atoms in total. The SMILES string of the molecule is CC(C)(C)OC(=O)N1CCC(c2[nH]nc3c(C(=O)O)cc(Br)cc23)CC1. The molecule has 0 spiro atoms. The molecule has 1 aliphatic heterocycles. The van der Waals surface area contributed by atoms with Gasteiger partial charge in [-0.3, -0.25) is 5.10 Å². The van der Waals surface area contributed by atoms with Crippen LogP contribution in [0.15, 0.2) is 16.6 Å². The Balaban J connectivity index is 1.78. The van der Waals surface area contributed by atoms with Crippen molar-refractivity contribution in [3.8, 4) is 0 Å². The number of piperidine rings is 1. The maximum atomic E-state index is 12.2. The Morgan fingerprint density at radius 3 is 2.54 bits per heavy atom. The van der Waals surface area contributed by atoms with Crippen LogP contribution in [-0.4, -0.2) is 51.0 Å². The van der Waals surface area contributed by atoms with Crippen LogP contribution in [0.4, 0.5) is 4.79 Å². The number of aromatic amines is 1. The van der Waals surface area contributed by atoms with E-state index in [4.69, 9.17) is 4.74 Å². The summed E-state index contributed by atoms with van der Waals surface area (Å²) >= 11 is 3.38. The van der Waals surface area contributed by atoms with Crippen LogP contribution in [0.1, 0.15) is 55.6 Å². The Morgan fingerprint density at radius 1 is 1.31 bits per heavy atom. The van der Waals surface area contributed by atoms with Gasteiger partial charge in [-0.1, -0.05) is 15.9 Å². The van der Waals surface area contributed by atoms with Crippen LogP contribution < -0.4 is 0 Å². The Morgan fingerprint density at radius 2 is 1.96 bits per heavy atom. The number of nitrogens with one attached hydrogen (secondary N) is 1. The molecular formula is C18H22BrN3O4. The molecule has 3 rings (SSSR count). The minimum absolute atomic E-state index is 0.170. The number of nitrogens with zero attached hydrogens (tertiary/aromatic N) is 2. The maximum absolute atomic E-state index is 12.2. The van der Waals surface area contributed by atoms with E-state index < -0.39 is 11.6 Å². The fourth-order valence-corrected chi connectivity index (χ4v) is 3.71. The minimum Gasteiger partial charge on any atom is -0.478 e. The molecule has 0 saturated carbocycles. The van der Waals surface area contributed by atoms with Gasteiger partial charge in [0.15, 0.2) is 0 Å². The van der Waals surface area contributed by atoms with E-state index in [1.54, 1.807) is 11.0 Å². The molecule has 1 aromatic carbocycles. The number of rotatable bonds is 2. The van der Waals surface area contributed by atoms with E-state index in [1.807, 2.05) is 26.8 Å². The number of carboxylic acids is 1. The molecule has 26 heavy (non-hydrogen) atoms. The summed E-state index contributed by atoms with van der Waals surface area (Å²) in [5.74, 6) is -0.816. The van der Waals surface area contributed by atoms with E-state index in [9.17, 15) is 14.7 Å². The van der Waals surface area contributed by atoms with Crippen LogP contribution in [0.3, 0.4) is 0 Å². The first-order valence-electron chi connectivity index (χ1n) is 8.54. The summed E-state index contributed by atoms with van der Waals surface area (Å²) in [6.45, 7) is 6.75. The Bertz CT molecular complexity index is 848. The van der Waals surface area contributed by atoms with Crippen molar-refractivity contribution in [3.63, 3.8) is 0 Å². The second kappa shape index (κ2) is 6.90. The molecule has 1 aliphatic rings. The van der Waals surface area contributed by atoms with Gasteiger partial charge in [-0.25, -0.2) is 9.59 Å². The molecule has 140 valence electrons. The lowest BCUT2D eigenvalue weighted by Gasteiger charge is -2.33. The molecule has 2 aromatic rings. The molecule has 0 radical (unpaired) electrons. The number of carboxylic acid groups (broad SMARTS) is 1. The number of benzene rings is 1. The van der Waals surface area contributed by atoms with Gasteiger partial charge >= 0.3 is 12.1 Å². The predicted molar refractivity (Wildman–Crippen MR) is 101 cm³/mol. The highest BCUT2D eigenvalue weighted by Crippen LogP contribution is 2.34. The lowest BCUT2D eigenvalue weighted by atomic mass is 9.91. The number of H-pyrrole nitrogens is 1. The van der Waals surface area contributed by atoms with Gasteiger partial charge < -0.3 is 14.7 Å². The van der Waals surface area contributed by atoms with Crippen molar-refractivity contribution in [1.82, 2.24) is 15.1 Å². The summed E-state index contributed by atoms with van der Waals surface area (Å²) in [7, 11) is 0. The van der Waals surface area contributed by atoms with Crippen molar-refractivity contribution >= 4 is 38.9 Å². The lowest BCUT2D eigenvalue weighted by Crippen LogP contribution is -2.41. The summed E-state index contributed by atoms with van der Waals surface area (Å²) in [4.78, 5) is 25.4. The van der Waals surface area contributed by atoms with E-state index in [0.29, 0.717) is 23.1 Å². The summed E-state index contributed by atoms with van der Waals surface area (Å²) in [5.41, 5.74) is 1.05. The maximum Gasteiger partial charge on any atom is 0.410 e. The first-order chi connectivity index (χ1) is 12.2. The molecule has 1 saturated heterocycles. The number of fused-ring (bicyclic) bond motifs is 1. The van der Waals surface area contributed by atoms with Crippen molar-refractivity contribution in [2.24, 2.45) is 0 Å². The molecule has 1 fully saturated rings. The quantitative estimate of drug-likeness (QED) is 0.756. The van der Waals surface area contributed by atoms with Crippen LogP contribution >= 0.6 is 15.9 Å². The van der Waals surface area contributed by atoms with E-state index in [0.717, 1.165) is 23.9 Å². The van der Waals surface area contributed by atoms with Gasteiger partial charge in [0.25, 0.3) is 0 Å². The van der Waals surface area contributed by atoms with Gasteiger partial charge in [0.05, 0.1) is 5.56 Å². The Kier molecular flexibility index (Phi) is 4.96. The fraction of sp³-hybridized carbons (Fsp3) is 0.500. The van der Waals surface area contributed by atoms with Gasteiger partial charge in [-0.15, -0.1) is 0 Å². The molecule has 0 unspecified atom stereocenters. The number of carbonyl (C=O) groups is 2. The molecule has 1 aromatic heterocycles. The lowest BCUT2D eigenvalue weighted by molar-refractivity contribution is 0.0204. The Labute approximate surface area is 159 Å². The second-order valence-electron chi connectivity index (χ2n) is 7.53. The summed E-state index contributed by atoms with van der Waals surface area (Å²) in [6.07, 6.45) is 1.25. The highest BCUT2D eigenvalue weighted by Gasteiger charge is 2.29. The topological polar surface area (TPSA) is 95.5 Å². The highest BCUT2D eigenvalue weighted by atomic mass is 79.9. The van der Waals surface area contributed by atoms with E-state index in [1.165, 1.54) is 0 Å². The molecule has 2 heterocycles. The number of likely N-dealkylation sites (tertiary alicyclic amines) is 1. The average molecular weight is 424 g/mol. The largest absolute Gasteiger partial charge is 0.478 e. The molecule has 0 aliphatic carbocycles. The molecule has 2 N–H and O–H groups in total. The molecule has 8 heteroatoms. The predicted octanol–water partition coefficient (Wildman–Crippen LogP) is 4.14. The fourth-order valence-electron chi connectivity index (χ4n) is 3.25.